The van der Waals surface area contributed by atoms with E-state index in [0.717, 1.165) is 41.8 Å². The molecular weight excluding hydrogens is 420 g/mol. The summed E-state index contributed by atoms with van der Waals surface area (Å²) in [6.45, 7) is 1.48. The van der Waals surface area contributed by atoms with Crippen LogP contribution in [0.4, 0.5) is 0 Å². The summed E-state index contributed by atoms with van der Waals surface area (Å²) >= 11 is 0. The standard InChI is InChI=1S/C25H28N4O2S/c1-28(24-11-3-7-21-9-5-14-27-25(21)24)17-19-6-2-10-22(16-19)32(30,31)29-15-12-20-8-4-13-26-23(20)18-29/h2,4-6,8-10,13-14,16,24H,3,7,11-12,15,17-18H2,1H3. The first-order chi connectivity index (χ1) is 15.5. The van der Waals surface area contributed by atoms with E-state index < -0.39 is 10.0 Å². The van der Waals surface area contributed by atoms with Crippen LogP contribution in [-0.4, -0.2) is 41.2 Å². The first-order valence-electron chi connectivity index (χ1n) is 11.2. The lowest BCUT2D eigenvalue weighted by Crippen LogP contribution is -2.36. The van der Waals surface area contributed by atoms with Crippen LogP contribution in [0.3, 0.4) is 0 Å². The molecule has 0 N–H and O–H groups in total. The van der Waals surface area contributed by atoms with Crippen molar-refractivity contribution in [2.45, 2.75) is 49.7 Å². The molecule has 0 fully saturated rings. The van der Waals surface area contributed by atoms with Crippen LogP contribution in [0.2, 0.25) is 0 Å². The fourth-order valence-corrected chi connectivity index (χ4v) is 6.38. The van der Waals surface area contributed by atoms with E-state index >= 15 is 0 Å². The highest BCUT2D eigenvalue weighted by Crippen LogP contribution is 2.33. The third kappa shape index (κ3) is 4.08. The summed E-state index contributed by atoms with van der Waals surface area (Å²) in [6, 6.07) is 15.7. The average molecular weight is 449 g/mol. The lowest BCUT2D eigenvalue weighted by atomic mass is 9.91. The van der Waals surface area contributed by atoms with Gasteiger partial charge in [0.1, 0.15) is 0 Å². The van der Waals surface area contributed by atoms with Crippen LogP contribution in [0.15, 0.2) is 65.8 Å². The molecule has 1 aliphatic carbocycles. The molecule has 3 aromatic rings. The third-order valence-corrected chi connectivity index (χ3v) is 8.45. The molecule has 0 saturated heterocycles. The van der Waals surface area contributed by atoms with Crippen LogP contribution in [0.1, 0.15) is 47.0 Å². The van der Waals surface area contributed by atoms with Gasteiger partial charge in [0.25, 0.3) is 0 Å². The Morgan fingerprint density at radius 3 is 2.72 bits per heavy atom. The quantitative estimate of drug-likeness (QED) is 0.595. The fraction of sp³-hybridized carbons (Fsp3) is 0.360. The van der Waals surface area contributed by atoms with E-state index in [1.54, 1.807) is 16.6 Å². The Hall–Kier alpha value is -2.61. The Morgan fingerprint density at radius 1 is 1.03 bits per heavy atom. The first-order valence-corrected chi connectivity index (χ1v) is 12.6. The topological polar surface area (TPSA) is 66.4 Å². The van der Waals surface area contributed by atoms with E-state index in [9.17, 15) is 8.42 Å². The highest BCUT2D eigenvalue weighted by molar-refractivity contribution is 7.89. The molecule has 32 heavy (non-hydrogen) atoms. The van der Waals surface area contributed by atoms with Gasteiger partial charge in [-0.25, -0.2) is 8.42 Å². The number of pyridine rings is 2. The van der Waals surface area contributed by atoms with Gasteiger partial charge in [0.2, 0.25) is 10.0 Å². The zero-order chi connectivity index (χ0) is 22.1. The van der Waals surface area contributed by atoms with Crippen molar-refractivity contribution in [3.63, 3.8) is 0 Å². The van der Waals surface area contributed by atoms with Gasteiger partial charge in [-0.1, -0.05) is 24.3 Å². The minimum absolute atomic E-state index is 0.255. The molecule has 0 bridgehead atoms. The Balaban J connectivity index is 1.35. The lowest BCUT2D eigenvalue weighted by Gasteiger charge is -2.32. The fourth-order valence-electron chi connectivity index (χ4n) is 4.90. The van der Waals surface area contributed by atoms with Crippen molar-refractivity contribution in [3.8, 4) is 0 Å². The van der Waals surface area contributed by atoms with E-state index in [0.29, 0.717) is 31.0 Å². The maximum atomic E-state index is 13.4. The zero-order valence-electron chi connectivity index (χ0n) is 18.3. The van der Waals surface area contributed by atoms with E-state index in [2.05, 4.69) is 28.0 Å². The molecule has 166 valence electrons. The van der Waals surface area contributed by atoms with Crippen LogP contribution in [-0.2, 0) is 36.0 Å². The highest BCUT2D eigenvalue weighted by atomic mass is 32.2. The van der Waals surface area contributed by atoms with Crippen molar-refractivity contribution in [2.75, 3.05) is 13.6 Å². The third-order valence-electron chi connectivity index (χ3n) is 6.61. The van der Waals surface area contributed by atoms with Gasteiger partial charge >= 0.3 is 0 Å². The van der Waals surface area contributed by atoms with Gasteiger partial charge in [0, 0.05) is 25.5 Å². The molecule has 1 unspecified atom stereocenters. The number of benzene rings is 1. The van der Waals surface area contributed by atoms with Crippen molar-refractivity contribution in [3.05, 3.63) is 89.0 Å². The molecule has 1 aromatic carbocycles. The molecular formula is C25H28N4O2S. The molecule has 1 atom stereocenters. The van der Waals surface area contributed by atoms with Gasteiger partial charge < -0.3 is 0 Å². The van der Waals surface area contributed by atoms with Gasteiger partial charge in [0.05, 0.1) is 28.9 Å². The van der Waals surface area contributed by atoms with Crippen molar-refractivity contribution in [2.24, 2.45) is 0 Å². The summed E-state index contributed by atoms with van der Waals surface area (Å²) in [6.07, 6.45) is 7.58. The SMILES string of the molecule is CN(Cc1cccc(S(=O)(=O)N2CCc3cccnc3C2)c1)C1CCCc2cccnc21. The largest absolute Gasteiger partial charge is 0.294 e. The molecule has 2 aliphatic rings. The van der Waals surface area contributed by atoms with Crippen LogP contribution in [0.5, 0.6) is 0 Å². The van der Waals surface area contributed by atoms with Gasteiger partial charge in [-0.05, 0) is 73.7 Å². The van der Waals surface area contributed by atoms with Gasteiger partial charge in [-0.3, -0.25) is 14.9 Å². The van der Waals surface area contributed by atoms with Crippen molar-refractivity contribution in [1.29, 1.82) is 0 Å². The van der Waals surface area contributed by atoms with Crippen LogP contribution in [0, 0.1) is 0 Å². The molecule has 0 radical (unpaired) electrons. The maximum Gasteiger partial charge on any atom is 0.243 e. The smallest absolute Gasteiger partial charge is 0.243 e. The molecule has 1 aliphatic heterocycles. The van der Waals surface area contributed by atoms with Crippen LogP contribution < -0.4 is 0 Å². The number of hydrogen-bond acceptors (Lipinski definition) is 5. The second-order valence-corrected chi connectivity index (χ2v) is 10.7. The molecule has 2 aromatic heterocycles. The number of sulfonamides is 1. The summed E-state index contributed by atoms with van der Waals surface area (Å²) in [4.78, 5) is 11.7. The molecule has 0 amide bonds. The second kappa shape index (κ2) is 8.73. The molecule has 3 heterocycles. The lowest BCUT2D eigenvalue weighted by molar-refractivity contribution is 0.208. The summed E-state index contributed by atoms with van der Waals surface area (Å²) in [7, 11) is -1.47. The summed E-state index contributed by atoms with van der Waals surface area (Å²) in [5, 5.41) is 0. The zero-order valence-corrected chi connectivity index (χ0v) is 19.1. The number of fused-ring (bicyclic) bond motifs is 2. The Kier molecular flexibility index (Phi) is 5.80. The highest BCUT2D eigenvalue weighted by Gasteiger charge is 2.29. The minimum atomic E-state index is -3.57. The van der Waals surface area contributed by atoms with Crippen molar-refractivity contribution < 1.29 is 8.42 Å². The van der Waals surface area contributed by atoms with Crippen LogP contribution in [0.25, 0.3) is 0 Å². The number of aryl methyl sites for hydroxylation is 1. The van der Waals surface area contributed by atoms with Gasteiger partial charge in [0.15, 0.2) is 0 Å². The molecule has 6 nitrogen and oxygen atoms in total. The Morgan fingerprint density at radius 2 is 1.84 bits per heavy atom. The Labute approximate surface area is 190 Å². The second-order valence-electron chi connectivity index (χ2n) is 8.72. The molecule has 0 saturated carbocycles. The average Bonchev–Trinajstić information content (AvgIpc) is 2.83. The number of hydrogen-bond donors (Lipinski definition) is 0. The minimum Gasteiger partial charge on any atom is -0.294 e. The van der Waals surface area contributed by atoms with E-state index in [1.165, 1.54) is 5.56 Å². The van der Waals surface area contributed by atoms with Crippen LogP contribution >= 0.6 is 0 Å². The van der Waals surface area contributed by atoms with E-state index in [-0.39, 0.29) is 6.04 Å². The summed E-state index contributed by atoms with van der Waals surface area (Å²) in [5.41, 5.74) is 5.46. The Bertz CT molecular complexity index is 1230. The number of nitrogens with zero attached hydrogens (tertiary/aromatic N) is 4. The molecule has 0 spiro atoms. The monoisotopic (exact) mass is 448 g/mol. The summed E-state index contributed by atoms with van der Waals surface area (Å²) in [5.74, 6) is 0. The van der Waals surface area contributed by atoms with Crippen molar-refractivity contribution >= 4 is 10.0 Å². The van der Waals surface area contributed by atoms with E-state index in [1.807, 2.05) is 42.6 Å². The predicted molar refractivity (Wildman–Crippen MR) is 123 cm³/mol. The molecule has 7 heteroatoms. The predicted octanol–water partition coefficient (Wildman–Crippen LogP) is 3.73. The number of rotatable bonds is 5. The maximum absolute atomic E-state index is 13.4. The first kappa shape index (κ1) is 21.2. The van der Waals surface area contributed by atoms with Gasteiger partial charge in [-0.2, -0.15) is 4.31 Å². The van der Waals surface area contributed by atoms with E-state index in [4.69, 9.17) is 0 Å². The normalized spacial score (nSPS) is 18.9. The van der Waals surface area contributed by atoms with Crippen molar-refractivity contribution in [1.82, 2.24) is 19.2 Å². The number of aromatic nitrogens is 2. The summed E-state index contributed by atoms with van der Waals surface area (Å²) < 4.78 is 28.3. The van der Waals surface area contributed by atoms with Gasteiger partial charge in [-0.15, -0.1) is 0 Å². The molecule has 5 rings (SSSR count).